The molecule has 0 unspecified atom stereocenters. The topological polar surface area (TPSA) is 72.7 Å². The van der Waals surface area contributed by atoms with Gasteiger partial charge in [0, 0.05) is 23.3 Å². The molecule has 0 spiro atoms. The van der Waals surface area contributed by atoms with Crippen LogP contribution in [0.15, 0.2) is 54.3 Å². The van der Waals surface area contributed by atoms with E-state index in [1.165, 1.54) is 6.08 Å². The number of hydrogen-bond donors (Lipinski definition) is 1. The molecule has 3 aromatic heterocycles. The van der Waals surface area contributed by atoms with Crippen molar-refractivity contribution in [1.82, 2.24) is 25.3 Å². The van der Waals surface area contributed by atoms with Crippen molar-refractivity contribution < 1.29 is 4.79 Å². The average Bonchev–Trinajstić information content (AvgIpc) is 3.23. The lowest BCUT2D eigenvalue weighted by Gasteiger charge is -1.98. The van der Waals surface area contributed by atoms with Crippen molar-refractivity contribution in [2.45, 2.75) is 6.54 Å². The van der Waals surface area contributed by atoms with Gasteiger partial charge in [-0.1, -0.05) is 11.3 Å². The van der Waals surface area contributed by atoms with Crippen LogP contribution in [-0.4, -0.2) is 25.9 Å². The van der Waals surface area contributed by atoms with Crippen molar-refractivity contribution in [3.05, 3.63) is 64.9 Å². The van der Waals surface area contributed by atoms with Crippen molar-refractivity contribution in [1.29, 1.82) is 0 Å². The van der Waals surface area contributed by atoms with Gasteiger partial charge in [0.05, 0.1) is 18.4 Å². The quantitative estimate of drug-likeness (QED) is 0.732. The number of thiophene rings is 1. The van der Waals surface area contributed by atoms with Crippen LogP contribution < -0.4 is 5.32 Å². The molecule has 0 fully saturated rings. The number of amides is 1. The largest absolute Gasteiger partial charge is 0.347 e. The van der Waals surface area contributed by atoms with Crippen molar-refractivity contribution in [3.63, 3.8) is 0 Å². The van der Waals surface area contributed by atoms with Gasteiger partial charge in [-0.2, -0.15) is 0 Å². The molecule has 0 aliphatic heterocycles. The van der Waals surface area contributed by atoms with Crippen molar-refractivity contribution in [3.8, 4) is 5.69 Å². The zero-order valence-electron chi connectivity index (χ0n) is 11.6. The van der Waals surface area contributed by atoms with Crippen LogP contribution in [0.25, 0.3) is 11.8 Å². The summed E-state index contributed by atoms with van der Waals surface area (Å²) in [7, 11) is 0. The fraction of sp³-hybridized carbons (Fsp3) is 0.0667. The molecule has 0 saturated carbocycles. The first-order valence-corrected chi connectivity index (χ1v) is 7.50. The lowest BCUT2D eigenvalue weighted by molar-refractivity contribution is -0.116. The third-order valence-electron chi connectivity index (χ3n) is 2.85. The maximum Gasteiger partial charge on any atom is 0.244 e. The molecule has 1 amide bonds. The van der Waals surface area contributed by atoms with Gasteiger partial charge in [0.1, 0.15) is 5.69 Å². The molecule has 3 rings (SSSR count). The summed E-state index contributed by atoms with van der Waals surface area (Å²) >= 11 is 1.58. The lowest BCUT2D eigenvalue weighted by atomic mass is 10.4. The van der Waals surface area contributed by atoms with E-state index < -0.39 is 0 Å². The first-order valence-electron chi connectivity index (χ1n) is 6.62. The molecule has 1 N–H and O–H groups in total. The summed E-state index contributed by atoms with van der Waals surface area (Å²) in [5, 5.41) is 12.8. The predicted octanol–water partition coefficient (Wildman–Crippen LogP) is 2.05. The van der Waals surface area contributed by atoms with E-state index >= 15 is 0 Å². The van der Waals surface area contributed by atoms with Crippen LogP contribution in [0.4, 0.5) is 0 Å². The summed E-state index contributed by atoms with van der Waals surface area (Å²) in [5.74, 6) is -0.160. The molecule has 7 heteroatoms. The minimum absolute atomic E-state index is 0.160. The summed E-state index contributed by atoms with van der Waals surface area (Å²) in [5.41, 5.74) is 1.56. The van der Waals surface area contributed by atoms with Gasteiger partial charge >= 0.3 is 0 Å². The molecule has 22 heavy (non-hydrogen) atoms. The van der Waals surface area contributed by atoms with Crippen molar-refractivity contribution in [2.75, 3.05) is 0 Å². The number of nitrogens with one attached hydrogen (secondary N) is 1. The SMILES string of the molecule is O=C(/C=C/c1cccs1)NCc1cn(-c2ccncc2)nn1. The van der Waals surface area contributed by atoms with Crippen molar-refractivity contribution in [2.24, 2.45) is 0 Å². The molecule has 0 radical (unpaired) electrons. The normalized spacial score (nSPS) is 10.9. The van der Waals surface area contributed by atoms with Crippen LogP contribution in [-0.2, 0) is 11.3 Å². The number of rotatable bonds is 5. The molecule has 0 aliphatic carbocycles. The van der Waals surface area contributed by atoms with E-state index in [1.807, 2.05) is 29.6 Å². The van der Waals surface area contributed by atoms with Gasteiger partial charge in [0.2, 0.25) is 5.91 Å². The number of pyridine rings is 1. The molecule has 0 aliphatic rings. The lowest BCUT2D eigenvalue weighted by Crippen LogP contribution is -2.20. The molecule has 0 bridgehead atoms. The third kappa shape index (κ3) is 3.64. The first kappa shape index (κ1) is 14.2. The van der Waals surface area contributed by atoms with Crippen LogP contribution in [0.2, 0.25) is 0 Å². The van der Waals surface area contributed by atoms with E-state index in [1.54, 1.807) is 40.7 Å². The van der Waals surface area contributed by atoms with Crippen LogP contribution in [0.5, 0.6) is 0 Å². The number of carbonyl (C=O) groups is 1. The Kier molecular flexibility index (Phi) is 4.35. The number of carbonyl (C=O) groups excluding carboxylic acids is 1. The predicted molar refractivity (Wildman–Crippen MR) is 84.4 cm³/mol. The molecule has 6 nitrogen and oxygen atoms in total. The van der Waals surface area contributed by atoms with E-state index in [4.69, 9.17) is 0 Å². The minimum atomic E-state index is -0.160. The highest BCUT2D eigenvalue weighted by molar-refractivity contribution is 7.10. The zero-order valence-corrected chi connectivity index (χ0v) is 12.4. The summed E-state index contributed by atoms with van der Waals surface area (Å²) in [6.07, 6.45) is 8.45. The molecule has 0 aromatic carbocycles. The molecule has 110 valence electrons. The Morgan fingerprint density at radius 2 is 2.18 bits per heavy atom. The maximum atomic E-state index is 11.7. The van der Waals surface area contributed by atoms with Crippen LogP contribution in [0.1, 0.15) is 10.6 Å². The van der Waals surface area contributed by atoms with E-state index in [2.05, 4.69) is 20.6 Å². The second-order valence-electron chi connectivity index (χ2n) is 4.43. The fourth-order valence-electron chi connectivity index (χ4n) is 1.78. The number of aromatic nitrogens is 4. The summed E-state index contributed by atoms with van der Waals surface area (Å²) < 4.78 is 1.64. The van der Waals surface area contributed by atoms with Crippen LogP contribution in [0, 0.1) is 0 Å². The highest BCUT2D eigenvalue weighted by atomic mass is 32.1. The average molecular weight is 311 g/mol. The van der Waals surface area contributed by atoms with Crippen LogP contribution >= 0.6 is 11.3 Å². The third-order valence-corrected chi connectivity index (χ3v) is 3.69. The van der Waals surface area contributed by atoms with Gasteiger partial charge in [-0.25, -0.2) is 4.68 Å². The first-order chi connectivity index (χ1) is 10.8. The second kappa shape index (κ2) is 6.77. The zero-order chi connectivity index (χ0) is 15.2. The number of hydrogen-bond acceptors (Lipinski definition) is 5. The van der Waals surface area contributed by atoms with Gasteiger partial charge in [0.15, 0.2) is 0 Å². The summed E-state index contributed by atoms with van der Waals surface area (Å²) in [4.78, 5) is 16.7. The Morgan fingerprint density at radius 3 is 2.95 bits per heavy atom. The maximum absolute atomic E-state index is 11.7. The molecule has 0 saturated heterocycles. The monoisotopic (exact) mass is 311 g/mol. The number of nitrogens with zero attached hydrogens (tertiary/aromatic N) is 4. The summed E-state index contributed by atoms with van der Waals surface area (Å²) in [6.45, 7) is 0.332. The van der Waals surface area contributed by atoms with Gasteiger partial charge in [-0.3, -0.25) is 9.78 Å². The smallest absolute Gasteiger partial charge is 0.244 e. The Bertz CT molecular complexity index is 764. The molecular weight excluding hydrogens is 298 g/mol. The fourth-order valence-corrected chi connectivity index (χ4v) is 2.40. The van der Waals surface area contributed by atoms with Crippen molar-refractivity contribution >= 4 is 23.3 Å². The molecule has 3 aromatic rings. The highest BCUT2D eigenvalue weighted by Crippen LogP contribution is 2.10. The second-order valence-corrected chi connectivity index (χ2v) is 5.41. The van der Waals surface area contributed by atoms with Gasteiger partial charge < -0.3 is 5.32 Å². The van der Waals surface area contributed by atoms with E-state index in [-0.39, 0.29) is 5.91 Å². The van der Waals surface area contributed by atoms with E-state index in [0.717, 1.165) is 10.6 Å². The van der Waals surface area contributed by atoms with Gasteiger partial charge in [-0.15, -0.1) is 16.4 Å². The van der Waals surface area contributed by atoms with Crippen LogP contribution in [0.3, 0.4) is 0 Å². The molecule has 3 heterocycles. The van der Waals surface area contributed by atoms with Gasteiger partial charge in [-0.05, 0) is 29.7 Å². The van der Waals surface area contributed by atoms with E-state index in [0.29, 0.717) is 12.2 Å². The Hall–Kier alpha value is -2.80. The summed E-state index contributed by atoms with van der Waals surface area (Å²) in [6, 6.07) is 7.57. The van der Waals surface area contributed by atoms with Gasteiger partial charge in [0.25, 0.3) is 0 Å². The molecular formula is C15H13N5OS. The Morgan fingerprint density at radius 1 is 1.32 bits per heavy atom. The molecule has 0 atom stereocenters. The standard InChI is InChI=1S/C15H13N5OS/c21-15(4-3-14-2-1-9-22-14)17-10-12-11-20(19-18-12)13-5-7-16-8-6-13/h1-9,11H,10H2,(H,17,21)/b4-3+. The Labute approximate surface area is 131 Å². The Balaban J connectivity index is 1.56. The van der Waals surface area contributed by atoms with E-state index in [9.17, 15) is 4.79 Å². The minimum Gasteiger partial charge on any atom is -0.347 e. The highest BCUT2D eigenvalue weighted by Gasteiger charge is 2.03.